The molecule has 0 aliphatic heterocycles. The van der Waals surface area contributed by atoms with E-state index in [4.69, 9.17) is 0 Å². The molecule has 3 rings (SSSR count). The molecule has 2 N–H and O–H groups in total. The second-order valence-electron chi connectivity index (χ2n) is 4.79. The van der Waals surface area contributed by atoms with E-state index in [2.05, 4.69) is 36.4 Å². The second-order valence-corrected chi connectivity index (χ2v) is 6.59. The van der Waals surface area contributed by atoms with Crippen molar-refractivity contribution >= 4 is 39.3 Å². The van der Waals surface area contributed by atoms with Gasteiger partial charge in [0.25, 0.3) is 0 Å². The number of anilines is 1. The zero-order valence-electron chi connectivity index (χ0n) is 12.3. The van der Waals surface area contributed by atoms with Gasteiger partial charge in [0.2, 0.25) is 11.1 Å². The molecule has 0 saturated carbocycles. The van der Waals surface area contributed by atoms with Crippen molar-refractivity contribution in [3.05, 3.63) is 58.8 Å². The number of hydrogen-bond donors (Lipinski definition) is 2. The average molecular weight is 407 g/mol. The van der Waals surface area contributed by atoms with E-state index in [0.29, 0.717) is 16.7 Å². The standard InChI is InChI=1S/C16H12BrFN4OS/c17-13-7-2-1-6-12(13)15-20-16(22-21-15)24-9-14(23)19-11-5-3-4-10(18)8-11/h1-8H,9H2,(H,19,23)(H,20,21,22). The van der Waals surface area contributed by atoms with Crippen molar-refractivity contribution in [1.29, 1.82) is 0 Å². The highest BCUT2D eigenvalue weighted by atomic mass is 79.9. The van der Waals surface area contributed by atoms with Gasteiger partial charge in [-0.2, -0.15) is 0 Å². The largest absolute Gasteiger partial charge is 0.325 e. The number of carbonyl (C=O) groups is 1. The van der Waals surface area contributed by atoms with Gasteiger partial charge >= 0.3 is 0 Å². The highest BCUT2D eigenvalue weighted by molar-refractivity contribution is 9.10. The minimum atomic E-state index is -0.396. The van der Waals surface area contributed by atoms with Crippen LogP contribution >= 0.6 is 27.7 Å². The molecule has 3 aromatic rings. The lowest BCUT2D eigenvalue weighted by molar-refractivity contribution is -0.113. The number of nitrogens with one attached hydrogen (secondary N) is 2. The van der Waals surface area contributed by atoms with E-state index in [-0.39, 0.29) is 11.7 Å². The van der Waals surface area contributed by atoms with Gasteiger partial charge in [-0.3, -0.25) is 9.89 Å². The number of nitrogens with zero attached hydrogens (tertiary/aromatic N) is 2. The van der Waals surface area contributed by atoms with Crippen LogP contribution in [0.3, 0.4) is 0 Å². The number of H-pyrrole nitrogens is 1. The molecule has 0 aliphatic rings. The van der Waals surface area contributed by atoms with Crippen LogP contribution in [0.1, 0.15) is 0 Å². The molecule has 1 heterocycles. The summed E-state index contributed by atoms with van der Waals surface area (Å²) in [5, 5.41) is 10.0. The average Bonchev–Trinajstić information content (AvgIpc) is 3.02. The Kier molecular flexibility index (Phi) is 5.27. The molecule has 1 aromatic heterocycles. The molecule has 0 radical (unpaired) electrons. The first-order valence-electron chi connectivity index (χ1n) is 6.97. The fourth-order valence-electron chi connectivity index (χ4n) is 1.98. The van der Waals surface area contributed by atoms with Gasteiger partial charge in [0, 0.05) is 15.7 Å². The molecule has 0 bridgehead atoms. The fourth-order valence-corrected chi connectivity index (χ4v) is 3.05. The van der Waals surface area contributed by atoms with Crippen molar-refractivity contribution in [2.24, 2.45) is 0 Å². The summed E-state index contributed by atoms with van der Waals surface area (Å²) in [6, 6.07) is 13.4. The first-order valence-corrected chi connectivity index (χ1v) is 8.75. The molecule has 0 unspecified atom stereocenters. The maximum absolute atomic E-state index is 13.1. The molecule has 0 spiro atoms. The van der Waals surface area contributed by atoms with Gasteiger partial charge in [-0.25, -0.2) is 9.37 Å². The van der Waals surface area contributed by atoms with Gasteiger partial charge in [-0.15, -0.1) is 5.10 Å². The minimum Gasteiger partial charge on any atom is -0.325 e. The third-order valence-corrected chi connectivity index (χ3v) is 4.57. The monoisotopic (exact) mass is 406 g/mol. The maximum atomic E-state index is 13.1. The van der Waals surface area contributed by atoms with Gasteiger partial charge in [0.05, 0.1) is 5.75 Å². The molecule has 0 aliphatic carbocycles. The van der Waals surface area contributed by atoms with Gasteiger partial charge < -0.3 is 5.32 Å². The summed E-state index contributed by atoms with van der Waals surface area (Å²) in [5.74, 6) is 0.102. The number of aromatic nitrogens is 3. The van der Waals surface area contributed by atoms with E-state index in [0.717, 1.165) is 10.0 Å². The summed E-state index contributed by atoms with van der Waals surface area (Å²) in [6.45, 7) is 0. The van der Waals surface area contributed by atoms with Gasteiger partial charge in [0.1, 0.15) is 5.82 Å². The summed E-state index contributed by atoms with van der Waals surface area (Å²) in [5.41, 5.74) is 1.31. The Morgan fingerprint density at radius 2 is 2.08 bits per heavy atom. The highest BCUT2D eigenvalue weighted by Crippen LogP contribution is 2.26. The number of halogens is 2. The minimum absolute atomic E-state index is 0.129. The predicted octanol–water partition coefficient (Wildman–Crippen LogP) is 4.10. The number of thioether (sulfide) groups is 1. The zero-order valence-corrected chi connectivity index (χ0v) is 14.7. The Hall–Kier alpha value is -2.19. The van der Waals surface area contributed by atoms with E-state index < -0.39 is 5.82 Å². The molecule has 2 aromatic carbocycles. The quantitative estimate of drug-likeness (QED) is 0.625. The normalized spacial score (nSPS) is 10.6. The van der Waals surface area contributed by atoms with Gasteiger partial charge in [-0.1, -0.05) is 52.0 Å². The topological polar surface area (TPSA) is 70.7 Å². The molecule has 1 amide bonds. The molecular formula is C16H12BrFN4OS. The van der Waals surface area contributed by atoms with Crippen LogP contribution in [-0.4, -0.2) is 26.8 Å². The Balaban J connectivity index is 1.59. The molecular weight excluding hydrogens is 395 g/mol. The van der Waals surface area contributed by atoms with E-state index in [1.54, 1.807) is 6.07 Å². The van der Waals surface area contributed by atoms with Crippen molar-refractivity contribution in [3.63, 3.8) is 0 Å². The molecule has 0 fully saturated rings. The van der Waals surface area contributed by atoms with Crippen LogP contribution in [0.5, 0.6) is 0 Å². The summed E-state index contributed by atoms with van der Waals surface area (Å²) in [7, 11) is 0. The molecule has 122 valence electrons. The lowest BCUT2D eigenvalue weighted by Crippen LogP contribution is -2.14. The number of hydrogen-bond acceptors (Lipinski definition) is 4. The summed E-state index contributed by atoms with van der Waals surface area (Å²) in [4.78, 5) is 16.3. The van der Waals surface area contributed by atoms with Crippen molar-refractivity contribution < 1.29 is 9.18 Å². The zero-order chi connectivity index (χ0) is 16.9. The Morgan fingerprint density at radius 1 is 1.25 bits per heavy atom. The number of carbonyl (C=O) groups excluding carboxylic acids is 1. The summed E-state index contributed by atoms with van der Waals surface area (Å²) < 4.78 is 14.0. The van der Waals surface area contributed by atoms with E-state index in [1.807, 2.05) is 24.3 Å². The summed E-state index contributed by atoms with van der Waals surface area (Å²) in [6.07, 6.45) is 0. The molecule has 0 atom stereocenters. The lowest BCUT2D eigenvalue weighted by Gasteiger charge is -2.03. The van der Waals surface area contributed by atoms with Crippen LogP contribution in [0, 0.1) is 5.82 Å². The van der Waals surface area contributed by atoms with Crippen molar-refractivity contribution in [2.75, 3.05) is 11.1 Å². The van der Waals surface area contributed by atoms with Crippen molar-refractivity contribution in [1.82, 2.24) is 15.2 Å². The van der Waals surface area contributed by atoms with Crippen LogP contribution in [0.2, 0.25) is 0 Å². The van der Waals surface area contributed by atoms with Gasteiger partial charge in [0.15, 0.2) is 5.82 Å². The second kappa shape index (κ2) is 7.59. The fraction of sp³-hybridized carbons (Fsp3) is 0.0625. The van der Waals surface area contributed by atoms with E-state index in [1.165, 1.54) is 30.0 Å². The Morgan fingerprint density at radius 3 is 2.88 bits per heavy atom. The van der Waals surface area contributed by atoms with Crippen molar-refractivity contribution in [3.8, 4) is 11.4 Å². The van der Waals surface area contributed by atoms with Crippen molar-refractivity contribution in [2.45, 2.75) is 5.16 Å². The first kappa shape index (κ1) is 16.7. The number of rotatable bonds is 5. The SMILES string of the molecule is O=C(CSc1n[nH]c(-c2ccccc2Br)n1)Nc1cccc(F)c1. The highest BCUT2D eigenvalue weighted by Gasteiger charge is 2.11. The van der Waals surface area contributed by atoms with Crippen LogP contribution in [-0.2, 0) is 4.79 Å². The van der Waals surface area contributed by atoms with Crippen LogP contribution < -0.4 is 5.32 Å². The third-order valence-electron chi connectivity index (χ3n) is 3.03. The molecule has 0 saturated heterocycles. The number of aromatic amines is 1. The lowest BCUT2D eigenvalue weighted by atomic mass is 10.2. The molecule has 5 nitrogen and oxygen atoms in total. The van der Waals surface area contributed by atoms with E-state index >= 15 is 0 Å². The molecule has 24 heavy (non-hydrogen) atoms. The number of benzene rings is 2. The summed E-state index contributed by atoms with van der Waals surface area (Å²) >= 11 is 4.66. The van der Waals surface area contributed by atoms with E-state index in [9.17, 15) is 9.18 Å². The predicted molar refractivity (Wildman–Crippen MR) is 95.3 cm³/mol. The van der Waals surface area contributed by atoms with Crippen LogP contribution in [0.15, 0.2) is 58.2 Å². The van der Waals surface area contributed by atoms with Crippen LogP contribution in [0.25, 0.3) is 11.4 Å². The Bertz CT molecular complexity index is 871. The maximum Gasteiger partial charge on any atom is 0.234 e. The van der Waals surface area contributed by atoms with Gasteiger partial charge in [-0.05, 0) is 24.3 Å². The number of amides is 1. The first-order chi connectivity index (χ1) is 11.6. The Labute approximate surface area is 150 Å². The smallest absolute Gasteiger partial charge is 0.234 e. The molecule has 8 heteroatoms. The van der Waals surface area contributed by atoms with Crippen LogP contribution in [0.4, 0.5) is 10.1 Å². The third kappa shape index (κ3) is 4.21.